The largest absolute Gasteiger partial charge is 0.491 e. The Morgan fingerprint density at radius 3 is 2.68 bits per heavy atom. The van der Waals surface area contributed by atoms with Gasteiger partial charge >= 0.3 is 0 Å². The van der Waals surface area contributed by atoms with Crippen LogP contribution in [0.5, 0.6) is 5.75 Å². The summed E-state index contributed by atoms with van der Waals surface area (Å²) in [6.45, 7) is 3.01. The smallest absolute Gasteiger partial charge is 0.254 e. The van der Waals surface area contributed by atoms with Gasteiger partial charge in [-0.3, -0.25) is 9.59 Å². The summed E-state index contributed by atoms with van der Waals surface area (Å²) in [5.74, 6) is 0.624. The van der Waals surface area contributed by atoms with Crippen LogP contribution in [0, 0.1) is 6.92 Å². The molecule has 2 aliphatic rings. The van der Waals surface area contributed by atoms with Crippen molar-refractivity contribution in [3.8, 4) is 5.75 Å². The SMILES string of the molecule is Cc1cc(OC[C@H]2c3ccsc3CCN2C(=O)CN(C(=O)c2ccccc2)C2CC2)ccc1Cl. The first-order valence-corrected chi connectivity index (χ1v) is 12.9. The number of carbonyl (C=O) groups excluding carboxylic acids is 2. The van der Waals surface area contributed by atoms with Gasteiger partial charge in [-0.15, -0.1) is 11.3 Å². The molecular formula is C27H27ClN2O3S. The Hall–Kier alpha value is -2.83. The fourth-order valence-electron chi connectivity index (χ4n) is 4.49. The Bertz CT molecular complexity index is 1190. The third kappa shape index (κ3) is 4.84. The summed E-state index contributed by atoms with van der Waals surface area (Å²) >= 11 is 7.88. The van der Waals surface area contributed by atoms with Gasteiger partial charge in [-0.25, -0.2) is 0 Å². The van der Waals surface area contributed by atoms with Gasteiger partial charge in [0, 0.05) is 28.0 Å². The lowest BCUT2D eigenvalue weighted by Gasteiger charge is -2.37. The first-order valence-electron chi connectivity index (χ1n) is 11.6. The van der Waals surface area contributed by atoms with E-state index in [1.54, 1.807) is 16.2 Å². The van der Waals surface area contributed by atoms with Gasteiger partial charge in [-0.2, -0.15) is 0 Å². The Labute approximate surface area is 208 Å². The number of amides is 2. The molecule has 1 aliphatic carbocycles. The Morgan fingerprint density at radius 2 is 1.94 bits per heavy atom. The van der Waals surface area contributed by atoms with Crippen molar-refractivity contribution < 1.29 is 14.3 Å². The van der Waals surface area contributed by atoms with Crippen molar-refractivity contribution in [3.05, 3.63) is 86.6 Å². The maximum atomic E-state index is 13.6. The van der Waals surface area contributed by atoms with Crippen LogP contribution in [0.3, 0.4) is 0 Å². The molecule has 0 saturated heterocycles. The Balaban J connectivity index is 1.34. The van der Waals surface area contributed by atoms with E-state index in [-0.39, 0.29) is 30.4 Å². The van der Waals surface area contributed by atoms with E-state index >= 15 is 0 Å². The van der Waals surface area contributed by atoms with Crippen LogP contribution < -0.4 is 4.74 Å². The summed E-state index contributed by atoms with van der Waals surface area (Å²) in [5, 5.41) is 2.78. The van der Waals surface area contributed by atoms with E-state index < -0.39 is 0 Å². The standard InChI is InChI=1S/C27H27ClN2O3S/c1-18-15-21(9-10-23(18)28)33-17-24-22-12-14-34-25(22)11-13-29(24)26(31)16-30(20-7-8-20)27(32)19-5-3-2-4-6-19/h2-6,9-10,12,14-15,20,24H,7-8,11,13,16-17H2,1H3/t24-/m0/s1. The third-order valence-corrected chi connectivity index (χ3v) is 7.95. The summed E-state index contributed by atoms with van der Waals surface area (Å²) in [4.78, 5) is 31.7. The molecule has 0 bridgehead atoms. The quantitative estimate of drug-likeness (QED) is 0.434. The van der Waals surface area contributed by atoms with Gasteiger partial charge in [0.05, 0.1) is 6.04 Å². The zero-order valence-corrected chi connectivity index (χ0v) is 20.6. The van der Waals surface area contributed by atoms with Crippen LogP contribution in [-0.2, 0) is 11.2 Å². The van der Waals surface area contributed by atoms with Crippen LogP contribution in [0.25, 0.3) is 0 Å². The summed E-state index contributed by atoms with van der Waals surface area (Å²) in [6, 6.07) is 16.9. The van der Waals surface area contributed by atoms with Gasteiger partial charge in [-0.1, -0.05) is 29.8 Å². The zero-order chi connectivity index (χ0) is 23.7. The zero-order valence-electron chi connectivity index (χ0n) is 19.1. The van der Waals surface area contributed by atoms with Crippen molar-refractivity contribution in [2.45, 2.75) is 38.3 Å². The normalized spacial score (nSPS) is 17.2. The third-order valence-electron chi connectivity index (χ3n) is 6.53. The number of hydrogen-bond donors (Lipinski definition) is 0. The molecule has 2 aromatic carbocycles. The highest BCUT2D eigenvalue weighted by atomic mass is 35.5. The Morgan fingerprint density at radius 1 is 1.15 bits per heavy atom. The number of carbonyl (C=O) groups is 2. The van der Waals surface area contributed by atoms with Crippen molar-refractivity contribution in [2.24, 2.45) is 0 Å². The van der Waals surface area contributed by atoms with Crippen molar-refractivity contribution in [2.75, 3.05) is 19.7 Å². The van der Waals surface area contributed by atoms with E-state index in [0.717, 1.165) is 36.1 Å². The molecule has 0 spiro atoms. The molecule has 34 heavy (non-hydrogen) atoms. The van der Waals surface area contributed by atoms with Crippen LogP contribution in [0.4, 0.5) is 0 Å². The van der Waals surface area contributed by atoms with Crippen LogP contribution in [0.2, 0.25) is 5.02 Å². The maximum Gasteiger partial charge on any atom is 0.254 e. The van der Waals surface area contributed by atoms with Gasteiger partial charge in [0.2, 0.25) is 5.91 Å². The molecule has 7 heteroatoms. The number of hydrogen-bond acceptors (Lipinski definition) is 4. The van der Waals surface area contributed by atoms with Crippen molar-refractivity contribution in [1.82, 2.24) is 9.80 Å². The summed E-state index contributed by atoms with van der Waals surface area (Å²) in [7, 11) is 0. The van der Waals surface area contributed by atoms with Crippen LogP contribution in [-0.4, -0.2) is 47.4 Å². The molecule has 1 aromatic heterocycles. The van der Waals surface area contributed by atoms with Crippen LogP contribution in [0.1, 0.15) is 45.2 Å². The lowest BCUT2D eigenvalue weighted by molar-refractivity contribution is -0.135. The lowest BCUT2D eigenvalue weighted by Crippen LogP contribution is -2.48. The fourth-order valence-corrected chi connectivity index (χ4v) is 5.54. The van der Waals surface area contributed by atoms with Gasteiger partial charge in [-0.05, 0) is 79.1 Å². The molecule has 3 aromatic rings. The van der Waals surface area contributed by atoms with Crippen molar-refractivity contribution >= 4 is 34.8 Å². The lowest BCUT2D eigenvalue weighted by atomic mass is 10.00. The minimum Gasteiger partial charge on any atom is -0.491 e. The summed E-state index contributed by atoms with van der Waals surface area (Å²) in [6.07, 6.45) is 2.72. The molecule has 0 radical (unpaired) electrons. The second-order valence-corrected chi connectivity index (χ2v) is 10.3. The van der Waals surface area contributed by atoms with E-state index in [9.17, 15) is 9.59 Å². The molecule has 1 saturated carbocycles. The van der Waals surface area contributed by atoms with Crippen LogP contribution in [0.15, 0.2) is 60.0 Å². The number of aryl methyl sites for hydroxylation is 1. The van der Waals surface area contributed by atoms with E-state index in [2.05, 4.69) is 11.4 Å². The van der Waals surface area contributed by atoms with E-state index in [4.69, 9.17) is 16.3 Å². The fraction of sp³-hybridized carbons (Fsp3) is 0.333. The van der Waals surface area contributed by atoms with Crippen molar-refractivity contribution in [3.63, 3.8) is 0 Å². The number of ether oxygens (including phenoxy) is 1. The minimum atomic E-state index is -0.189. The molecule has 2 heterocycles. The molecule has 0 N–H and O–H groups in total. The first-order chi connectivity index (χ1) is 16.5. The van der Waals surface area contributed by atoms with Gasteiger partial charge < -0.3 is 14.5 Å². The summed E-state index contributed by atoms with van der Waals surface area (Å²) < 4.78 is 6.14. The number of thiophene rings is 1. The average molecular weight is 495 g/mol. The number of halogens is 1. The molecule has 5 nitrogen and oxygen atoms in total. The predicted molar refractivity (Wildman–Crippen MR) is 135 cm³/mol. The number of fused-ring (bicyclic) bond motifs is 1. The summed E-state index contributed by atoms with van der Waals surface area (Å²) in [5.41, 5.74) is 2.72. The highest BCUT2D eigenvalue weighted by molar-refractivity contribution is 7.10. The van der Waals surface area contributed by atoms with Gasteiger partial charge in [0.1, 0.15) is 18.9 Å². The molecule has 176 valence electrons. The highest BCUT2D eigenvalue weighted by Crippen LogP contribution is 2.35. The predicted octanol–water partition coefficient (Wildman–Crippen LogP) is 5.52. The van der Waals surface area contributed by atoms with Crippen LogP contribution >= 0.6 is 22.9 Å². The van der Waals surface area contributed by atoms with E-state index in [0.29, 0.717) is 23.7 Å². The first kappa shape index (κ1) is 22.9. The second-order valence-electron chi connectivity index (χ2n) is 8.90. The van der Waals surface area contributed by atoms with Gasteiger partial charge in [0.15, 0.2) is 0 Å². The molecule has 1 fully saturated rings. The molecule has 1 aliphatic heterocycles. The minimum absolute atomic E-state index is 0.0334. The molecule has 2 amide bonds. The molecule has 0 unspecified atom stereocenters. The second kappa shape index (κ2) is 9.80. The van der Waals surface area contributed by atoms with Gasteiger partial charge in [0.25, 0.3) is 5.91 Å². The highest BCUT2D eigenvalue weighted by Gasteiger charge is 2.38. The number of rotatable bonds is 7. The molecule has 1 atom stereocenters. The topological polar surface area (TPSA) is 49.9 Å². The molecule has 5 rings (SSSR count). The monoisotopic (exact) mass is 494 g/mol. The van der Waals surface area contributed by atoms with Crippen molar-refractivity contribution in [1.29, 1.82) is 0 Å². The number of nitrogens with zero attached hydrogens (tertiary/aromatic N) is 2. The average Bonchev–Trinajstić information content (AvgIpc) is 3.58. The maximum absolute atomic E-state index is 13.6. The van der Waals surface area contributed by atoms with E-state index in [1.807, 2.05) is 60.4 Å². The molecular weight excluding hydrogens is 468 g/mol. The number of benzene rings is 2. The van der Waals surface area contributed by atoms with E-state index in [1.165, 1.54) is 4.88 Å². The Kier molecular flexibility index (Phi) is 6.61.